The molecule has 0 saturated heterocycles. The van der Waals surface area contributed by atoms with Gasteiger partial charge >= 0.3 is 0 Å². The molecule has 0 rings (SSSR count). The monoisotopic (exact) mass is 310 g/mol. The SMILES string of the molecule is O=S(=O)(O)CCCCCCCCC(Cl)(Cl)Cl. The van der Waals surface area contributed by atoms with Crippen molar-refractivity contribution in [3.8, 4) is 0 Å². The molecule has 0 bridgehead atoms. The molecule has 7 heteroatoms. The van der Waals surface area contributed by atoms with Gasteiger partial charge in [0.15, 0.2) is 3.79 Å². The Balaban J connectivity index is 3.23. The molecule has 98 valence electrons. The topological polar surface area (TPSA) is 54.4 Å². The van der Waals surface area contributed by atoms with Gasteiger partial charge in [-0.15, -0.1) is 0 Å². The summed E-state index contributed by atoms with van der Waals surface area (Å²) in [5.74, 6) is -0.152. The normalized spacial score (nSPS) is 13.0. The van der Waals surface area contributed by atoms with E-state index in [9.17, 15) is 8.42 Å². The maximum absolute atomic E-state index is 10.4. The predicted octanol–water partition coefficient (Wildman–Crippen LogP) is 3.98. The fourth-order valence-electron chi connectivity index (χ4n) is 1.32. The van der Waals surface area contributed by atoms with Crippen molar-refractivity contribution in [3.63, 3.8) is 0 Å². The molecule has 16 heavy (non-hydrogen) atoms. The predicted molar refractivity (Wildman–Crippen MR) is 69.0 cm³/mol. The second-order valence-electron chi connectivity index (χ2n) is 3.77. The number of alkyl halides is 3. The molecule has 0 aromatic carbocycles. The molecule has 0 spiro atoms. The Morgan fingerprint density at radius 2 is 1.31 bits per heavy atom. The van der Waals surface area contributed by atoms with Gasteiger partial charge < -0.3 is 0 Å². The third-order valence-corrected chi connectivity index (χ3v) is 3.48. The molecule has 0 atom stereocenters. The first-order valence-corrected chi connectivity index (χ1v) is 7.97. The molecule has 0 aliphatic rings. The maximum Gasteiger partial charge on any atom is 0.264 e. The van der Waals surface area contributed by atoms with Crippen LogP contribution in [0.5, 0.6) is 0 Å². The summed E-state index contributed by atoms with van der Waals surface area (Å²) in [5.41, 5.74) is 0. The molecule has 0 heterocycles. The fraction of sp³-hybridized carbons (Fsp3) is 1.00. The zero-order chi connectivity index (χ0) is 12.7. The molecule has 3 nitrogen and oxygen atoms in total. The average Bonchev–Trinajstić information content (AvgIpc) is 2.06. The third kappa shape index (κ3) is 14.8. The van der Waals surface area contributed by atoms with Crippen molar-refractivity contribution in [1.29, 1.82) is 0 Å². The van der Waals surface area contributed by atoms with Crippen LogP contribution in [0.2, 0.25) is 0 Å². The smallest absolute Gasteiger partial charge is 0.264 e. The van der Waals surface area contributed by atoms with E-state index in [-0.39, 0.29) is 5.75 Å². The van der Waals surface area contributed by atoms with E-state index in [2.05, 4.69) is 0 Å². The molecule has 0 amide bonds. The van der Waals surface area contributed by atoms with Crippen molar-refractivity contribution in [2.45, 2.75) is 48.7 Å². The summed E-state index contributed by atoms with van der Waals surface area (Å²) >= 11 is 16.7. The second kappa shape index (κ2) is 7.98. The lowest BCUT2D eigenvalue weighted by molar-refractivity contribution is 0.478. The average molecular weight is 312 g/mol. The van der Waals surface area contributed by atoms with Crippen LogP contribution in [0.1, 0.15) is 44.9 Å². The van der Waals surface area contributed by atoms with Gasteiger partial charge in [0.2, 0.25) is 0 Å². The minimum atomic E-state index is -3.79. The Morgan fingerprint density at radius 3 is 1.75 bits per heavy atom. The van der Waals surface area contributed by atoms with Gasteiger partial charge in [-0.2, -0.15) is 8.42 Å². The van der Waals surface area contributed by atoms with Gasteiger partial charge in [-0.25, -0.2) is 0 Å². The first-order chi connectivity index (χ1) is 7.21. The lowest BCUT2D eigenvalue weighted by Gasteiger charge is -2.09. The molecule has 0 aliphatic heterocycles. The summed E-state index contributed by atoms with van der Waals surface area (Å²) in [6.07, 6.45) is 5.61. The van der Waals surface area contributed by atoms with Crippen LogP contribution < -0.4 is 0 Å². The lowest BCUT2D eigenvalue weighted by Crippen LogP contribution is -2.03. The first-order valence-electron chi connectivity index (χ1n) is 5.23. The van der Waals surface area contributed by atoms with Gasteiger partial charge in [0.05, 0.1) is 5.75 Å². The molecule has 0 aromatic rings. The van der Waals surface area contributed by atoms with E-state index in [1.54, 1.807) is 0 Å². The zero-order valence-electron chi connectivity index (χ0n) is 8.96. The Kier molecular flexibility index (Phi) is 8.37. The Bertz CT molecular complexity index is 272. The van der Waals surface area contributed by atoms with Gasteiger partial charge in [-0.05, 0) is 19.3 Å². The Hall–Kier alpha value is 0.780. The van der Waals surface area contributed by atoms with Crippen LogP contribution in [0, 0.1) is 0 Å². The van der Waals surface area contributed by atoms with E-state index in [1.807, 2.05) is 0 Å². The first kappa shape index (κ1) is 16.8. The summed E-state index contributed by atoms with van der Waals surface area (Å²) in [6, 6.07) is 0. The summed E-state index contributed by atoms with van der Waals surface area (Å²) in [6.45, 7) is 0. The van der Waals surface area contributed by atoms with Crippen LogP contribution in [-0.4, -0.2) is 22.5 Å². The molecule has 0 saturated carbocycles. The summed E-state index contributed by atoms with van der Waals surface area (Å²) in [5, 5.41) is 0. The largest absolute Gasteiger partial charge is 0.286 e. The lowest BCUT2D eigenvalue weighted by atomic mass is 10.1. The van der Waals surface area contributed by atoms with Gasteiger partial charge in [0.25, 0.3) is 10.1 Å². The summed E-state index contributed by atoms with van der Waals surface area (Å²) in [4.78, 5) is 0. The van der Waals surface area contributed by atoms with Crippen LogP contribution in [0.3, 0.4) is 0 Å². The molecular formula is C9H17Cl3O3S. The Morgan fingerprint density at radius 1 is 0.875 bits per heavy atom. The van der Waals surface area contributed by atoms with Crippen LogP contribution in [0.15, 0.2) is 0 Å². The van der Waals surface area contributed by atoms with Crippen LogP contribution in [0.25, 0.3) is 0 Å². The molecule has 0 fully saturated rings. The van der Waals surface area contributed by atoms with Crippen molar-refractivity contribution in [1.82, 2.24) is 0 Å². The highest BCUT2D eigenvalue weighted by atomic mass is 35.6. The van der Waals surface area contributed by atoms with Gasteiger partial charge in [0, 0.05) is 0 Å². The highest BCUT2D eigenvalue weighted by molar-refractivity contribution is 7.85. The van der Waals surface area contributed by atoms with E-state index >= 15 is 0 Å². The van der Waals surface area contributed by atoms with Crippen molar-refractivity contribution in [2.24, 2.45) is 0 Å². The molecule has 0 aliphatic carbocycles. The van der Waals surface area contributed by atoms with Crippen LogP contribution in [-0.2, 0) is 10.1 Å². The van der Waals surface area contributed by atoms with Gasteiger partial charge in [-0.1, -0.05) is 60.5 Å². The second-order valence-corrected chi connectivity index (χ2v) is 7.86. The quantitative estimate of drug-likeness (QED) is 0.419. The Labute approximate surface area is 112 Å². The van der Waals surface area contributed by atoms with E-state index in [4.69, 9.17) is 39.4 Å². The molecule has 0 unspecified atom stereocenters. The number of hydrogen-bond acceptors (Lipinski definition) is 2. The van der Waals surface area contributed by atoms with E-state index in [0.29, 0.717) is 12.8 Å². The maximum atomic E-state index is 10.4. The van der Waals surface area contributed by atoms with Crippen LogP contribution in [0.4, 0.5) is 0 Å². The molecular weight excluding hydrogens is 295 g/mol. The number of halogens is 3. The zero-order valence-corrected chi connectivity index (χ0v) is 12.0. The third-order valence-electron chi connectivity index (χ3n) is 2.11. The molecule has 1 N–H and O–H groups in total. The van der Waals surface area contributed by atoms with Crippen molar-refractivity contribution in [2.75, 3.05) is 5.75 Å². The van der Waals surface area contributed by atoms with Gasteiger partial charge in [0.1, 0.15) is 0 Å². The fourth-order valence-corrected chi connectivity index (χ4v) is 2.29. The van der Waals surface area contributed by atoms with Crippen molar-refractivity contribution >= 4 is 44.9 Å². The highest BCUT2D eigenvalue weighted by Crippen LogP contribution is 2.32. The van der Waals surface area contributed by atoms with Gasteiger partial charge in [-0.3, -0.25) is 4.55 Å². The molecule has 0 radical (unpaired) electrons. The number of unbranched alkanes of at least 4 members (excludes halogenated alkanes) is 5. The van der Waals surface area contributed by atoms with Crippen molar-refractivity contribution < 1.29 is 13.0 Å². The summed E-state index contributed by atoms with van der Waals surface area (Å²) in [7, 11) is -3.79. The number of rotatable bonds is 8. The van der Waals surface area contributed by atoms with Crippen LogP contribution >= 0.6 is 34.8 Å². The summed E-state index contributed by atoms with van der Waals surface area (Å²) < 4.78 is 28.1. The van der Waals surface area contributed by atoms with E-state index < -0.39 is 13.9 Å². The highest BCUT2D eigenvalue weighted by Gasteiger charge is 2.17. The minimum absolute atomic E-state index is 0.152. The van der Waals surface area contributed by atoms with E-state index in [1.165, 1.54) is 0 Å². The van der Waals surface area contributed by atoms with Crippen molar-refractivity contribution in [3.05, 3.63) is 0 Å². The standard InChI is InChI=1S/C9H17Cl3O3S/c10-9(11,12)7-5-3-1-2-4-6-8-16(13,14)15/h1-8H2,(H,13,14,15). The minimum Gasteiger partial charge on any atom is -0.286 e. The number of hydrogen-bond donors (Lipinski definition) is 1. The van der Waals surface area contributed by atoms with E-state index in [0.717, 1.165) is 32.1 Å². The molecule has 0 aromatic heterocycles.